The summed E-state index contributed by atoms with van der Waals surface area (Å²) in [7, 11) is 0. The number of hydrogen-bond acceptors (Lipinski definition) is 4. The molecule has 2 atom stereocenters. The van der Waals surface area contributed by atoms with Crippen LogP contribution in [0.15, 0.2) is 36.4 Å². The van der Waals surface area contributed by atoms with Crippen LogP contribution in [0.4, 0.5) is 22.8 Å². The molecular weight excluding hydrogens is 459 g/mol. The van der Waals surface area contributed by atoms with E-state index < -0.39 is 35.9 Å². The van der Waals surface area contributed by atoms with Gasteiger partial charge < -0.3 is 15.0 Å². The summed E-state index contributed by atoms with van der Waals surface area (Å²) in [6.45, 7) is 6.55. The van der Waals surface area contributed by atoms with Gasteiger partial charge in [-0.2, -0.15) is 0 Å². The SMILES string of the molecule is Cc1cc(F)ccc1C1CCN(CCCNC(=O)N2C(=O)OC(C)C2c2ccc(F)c(F)c2)CC1. The van der Waals surface area contributed by atoms with E-state index in [4.69, 9.17) is 4.74 Å². The van der Waals surface area contributed by atoms with Gasteiger partial charge in [-0.05, 0) is 99.6 Å². The maximum absolute atomic E-state index is 13.7. The number of cyclic esters (lactones) is 1. The minimum atomic E-state index is -1.05. The molecule has 2 aliphatic rings. The van der Waals surface area contributed by atoms with Crippen LogP contribution in [0.3, 0.4) is 0 Å². The molecule has 0 bridgehead atoms. The van der Waals surface area contributed by atoms with Gasteiger partial charge in [-0.1, -0.05) is 12.1 Å². The minimum absolute atomic E-state index is 0.210. The van der Waals surface area contributed by atoms with Crippen molar-refractivity contribution < 1.29 is 27.5 Å². The molecule has 4 rings (SSSR count). The van der Waals surface area contributed by atoms with Gasteiger partial charge in [-0.3, -0.25) is 0 Å². The molecule has 0 saturated carbocycles. The normalized spacial score (nSPS) is 21.3. The number of piperidine rings is 1. The van der Waals surface area contributed by atoms with Gasteiger partial charge in [0, 0.05) is 6.54 Å². The first-order valence-corrected chi connectivity index (χ1v) is 12.0. The average molecular weight is 490 g/mol. The predicted molar refractivity (Wildman–Crippen MR) is 124 cm³/mol. The Bertz CT molecular complexity index is 1090. The maximum atomic E-state index is 13.7. The summed E-state index contributed by atoms with van der Waals surface area (Å²) in [5, 5.41) is 2.74. The molecule has 9 heteroatoms. The van der Waals surface area contributed by atoms with Crippen LogP contribution in [-0.4, -0.2) is 54.2 Å². The number of aryl methyl sites for hydroxylation is 1. The Morgan fingerprint density at radius 3 is 2.51 bits per heavy atom. The van der Waals surface area contributed by atoms with Gasteiger partial charge in [0.15, 0.2) is 11.6 Å². The summed E-state index contributed by atoms with van der Waals surface area (Å²) in [5.74, 6) is -1.84. The molecule has 2 unspecified atom stereocenters. The van der Waals surface area contributed by atoms with Crippen molar-refractivity contribution in [1.82, 2.24) is 15.1 Å². The molecule has 0 spiro atoms. The fraction of sp³-hybridized carbons (Fsp3) is 0.462. The number of ether oxygens (including phenoxy) is 1. The Morgan fingerprint density at radius 2 is 1.83 bits per heavy atom. The van der Waals surface area contributed by atoms with Crippen LogP contribution in [-0.2, 0) is 4.74 Å². The number of benzene rings is 2. The molecule has 6 nitrogen and oxygen atoms in total. The van der Waals surface area contributed by atoms with Crippen molar-refractivity contribution in [1.29, 1.82) is 0 Å². The van der Waals surface area contributed by atoms with Crippen LogP contribution in [0.5, 0.6) is 0 Å². The fourth-order valence-corrected chi connectivity index (χ4v) is 5.08. The number of likely N-dealkylation sites (tertiary alicyclic amines) is 1. The number of rotatable bonds is 6. The van der Waals surface area contributed by atoms with E-state index in [0.29, 0.717) is 18.9 Å². The Kier molecular flexibility index (Phi) is 7.64. The highest BCUT2D eigenvalue weighted by molar-refractivity contribution is 5.93. The number of amides is 3. The number of urea groups is 1. The van der Waals surface area contributed by atoms with Crippen LogP contribution >= 0.6 is 0 Å². The molecule has 3 amide bonds. The Morgan fingerprint density at radius 1 is 1.09 bits per heavy atom. The molecule has 0 radical (unpaired) electrons. The van der Waals surface area contributed by atoms with Gasteiger partial charge in [-0.15, -0.1) is 0 Å². The first-order chi connectivity index (χ1) is 16.7. The number of nitrogens with one attached hydrogen (secondary N) is 1. The van der Waals surface area contributed by atoms with Gasteiger partial charge in [-0.25, -0.2) is 27.7 Å². The van der Waals surface area contributed by atoms with E-state index in [-0.39, 0.29) is 11.4 Å². The molecule has 0 aromatic heterocycles. The third kappa shape index (κ3) is 5.61. The Labute approximate surface area is 203 Å². The number of imide groups is 1. The van der Waals surface area contributed by atoms with Crippen molar-refractivity contribution in [3.05, 3.63) is 70.5 Å². The summed E-state index contributed by atoms with van der Waals surface area (Å²) in [6, 6.07) is 6.82. The van der Waals surface area contributed by atoms with Crippen molar-refractivity contribution in [3.63, 3.8) is 0 Å². The summed E-state index contributed by atoms with van der Waals surface area (Å²) >= 11 is 0. The van der Waals surface area contributed by atoms with Crippen LogP contribution in [0.1, 0.15) is 54.8 Å². The van der Waals surface area contributed by atoms with Crippen molar-refractivity contribution in [2.45, 2.75) is 51.2 Å². The van der Waals surface area contributed by atoms with Crippen molar-refractivity contribution in [2.24, 2.45) is 0 Å². The highest BCUT2D eigenvalue weighted by Gasteiger charge is 2.44. The smallest absolute Gasteiger partial charge is 0.419 e. The van der Waals surface area contributed by atoms with Crippen LogP contribution in [0, 0.1) is 24.4 Å². The highest BCUT2D eigenvalue weighted by Crippen LogP contribution is 2.34. The van der Waals surface area contributed by atoms with Crippen molar-refractivity contribution in [2.75, 3.05) is 26.2 Å². The van der Waals surface area contributed by atoms with E-state index in [1.165, 1.54) is 17.7 Å². The van der Waals surface area contributed by atoms with E-state index in [2.05, 4.69) is 10.2 Å². The van der Waals surface area contributed by atoms with Gasteiger partial charge in [0.2, 0.25) is 0 Å². The molecule has 1 N–H and O–H groups in total. The topological polar surface area (TPSA) is 61.9 Å². The number of hydrogen-bond donors (Lipinski definition) is 1. The van der Waals surface area contributed by atoms with E-state index in [1.54, 1.807) is 13.0 Å². The number of nitrogens with zero attached hydrogens (tertiary/aromatic N) is 2. The standard InChI is InChI=1S/C26H30F3N3O3/c1-16-14-20(27)5-6-21(16)18-8-12-31(13-9-18)11-3-10-30-25(33)32-24(17(2)35-26(32)34)19-4-7-22(28)23(29)15-19/h4-7,14-15,17-18,24H,3,8-13H2,1-2H3,(H,30,33). The molecule has 2 aliphatic heterocycles. The lowest BCUT2D eigenvalue weighted by molar-refractivity contribution is 0.138. The van der Waals surface area contributed by atoms with Crippen LogP contribution in [0.25, 0.3) is 0 Å². The number of carbonyl (C=O) groups excluding carboxylic acids is 2. The highest BCUT2D eigenvalue weighted by atomic mass is 19.2. The monoisotopic (exact) mass is 489 g/mol. The summed E-state index contributed by atoms with van der Waals surface area (Å²) in [6.07, 6.45) is 1.17. The second kappa shape index (κ2) is 10.7. The zero-order chi connectivity index (χ0) is 25.1. The van der Waals surface area contributed by atoms with E-state index in [1.807, 2.05) is 13.0 Å². The van der Waals surface area contributed by atoms with Gasteiger partial charge >= 0.3 is 12.1 Å². The second-order valence-electron chi connectivity index (χ2n) is 9.28. The predicted octanol–water partition coefficient (Wildman–Crippen LogP) is 5.27. The molecule has 2 heterocycles. The second-order valence-corrected chi connectivity index (χ2v) is 9.28. The van der Waals surface area contributed by atoms with E-state index in [9.17, 15) is 22.8 Å². The third-order valence-corrected chi connectivity index (χ3v) is 6.90. The van der Waals surface area contributed by atoms with E-state index in [0.717, 1.165) is 55.1 Å². The van der Waals surface area contributed by atoms with Crippen LogP contribution in [0.2, 0.25) is 0 Å². The number of halogens is 3. The van der Waals surface area contributed by atoms with Crippen molar-refractivity contribution in [3.8, 4) is 0 Å². The maximum Gasteiger partial charge on any atom is 0.419 e. The molecule has 2 saturated heterocycles. The van der Waals surface area contributed by atoms with Gasteiger partial charge in [0.05, 0.1) is 0 Å². The summed E-state index contributed by atoms with van der Waals surface area (Å²) in [5.41, 5.74) is 2.49. The summed E-state index contributed by atoms with van der Waals surface area (Å²) in [4.78, 5) is 28.3. The zero-order valence-electron chi connectivity index (χ0n) is 19.9. The summed E-state index contributed by atoms with van der Waals surface area (Å²) < 4.78 is 45.6. The first-order valence-electron chi connectivity index (χ1n) is 12.0. The lowest BCUT2D eigenvalue weighted by Gasteiger charge is -2.33. The molecular formula is C26H30F3N3O3. The fourth-order valence-electron chi connectivity index (χ4n) is 5.08. The van der Waals surface area contributed by atoms with Gasteiger partial charge in [0.1, 0.15) is 18.0 Å². The van der Waals surface area contributed by atoms with Crippen molar-refractivity contribution >= 4 is 12.1 Å². The molecule has 188 valence electrons. The molecule has 2 aromatic carbocycles. The lowest BCUT2D eigenvalue weighted by atomic mass is 9.87. The molecule has 2 fully saturated rings. The third-order valence-electron chi connectivity index (χ3n) is 6.90. The Hall–Kier alpha value is -3.07. The molecule has 2 aromatic rings. The average Bonchev–Trinajstić information content (AvgIpc) is 3.12. The first kappa shape index (κ1) is 25.0. The van der Waals surface area contributed by atoms with Gasteiger partial charge in [0.25, 0.3) is 0 Å². The van der Waals surface area contributed by atoms with Crippen LogP contribution < -0.4 is 5.32 Å². The quantitative estimate of drug-likeness (QED) is 0.562. The largest absolute Gasteiger partial charge is 0.443 e. The molecule has 0 aliphatic carbocycles. The molecule has 35 heavy (non-hydrogen) atoms. The number of carbonyl (C=O) groups is 2. The zero-order valence-corrected chi connectivity index (χ0v) is 19.9. The Balaban J connectivity index is 1.25. The minimum Gasteiger partial charge on any atom is -0.443 e. The van der Waals surface area contributed by atoms with E-state index >= 15 is 0 Å². The lowest BCUT2D eigenvalue weighted by Crippen LogP contribution is -2.43.